The van der Waals surface area contributed by atoms with Crippen molar-refractivity contribution < 1.29 is 49.3 Å². The number of rotatable bonds is 8. The average Bonchev–Trinajstić information content (AvgIpc) is 3.00. The predicted octanol–water partition coefficient (Wildman–Crippen LogP) is 4.73. The van der Waals surface area contributed by atoms with Crippen LogP contribution >= 0.6 is 0 Å². The van der Waals surface area contributed by atoms with Crippen LogP contribution < -0.4 is 14.2 Å². The highest BCUT2D eigenvalue weighted by molar-refractivity contribution is 6.18. The molecule has 0 radical (unpaired) electrons. The third-order valence-electron chi connectivity index (χ3n) is 8.98. The zero-order valence-corrected chi connectivity index (χ0v) is 26.6. The number of carbonyl (C=O) groups excluding carboxylic acids is 2. The normalized spacial score (nSPS) is 17.6. The van der Waals surface area contributed by atoms with Gasteiger partial charge in [-0.05, 0) is 84.3 Å². The van der Waals surface area contributed by atoms with E-state index in [9.17, 15) is 35.1 Å². The third-order valence-corrected chi connectivity index (χ3v) is 8.98. The second kappa shape index (κ2) is 11.9. The molecule has 0 spiro atoms. The fourth-order valence-corrected chi connectivity index (χ4v) is 7.24. The lowest BCUT2D eigenvalue weighted by Crippen LogP contribution is -2.30. The molecule has 0 aromatic heterocycles. The largest absolute Gasteiger partial charge is 0.507 e. The second-order valence-electron chi connectivity index (χ2n) is 12.3. The van der Waals surface area contributed by atoms with Gasteiger partial charge in [0.05, 0.1) is 55.8 Å². The van der Waals surface area contributed by atoms with E-state index in [4.69, 9.17) is 14.2 Å². The molecule has 5 N–H and O–H groups in total. The van der Waals surface area contributed by atoms with Gasteiger partial charge in [0.25, 0.3) is 0 Å². The number of benzene rings is 4. The number of hydrogen-bond acceptors (Lipinski definition) is 10. The number of phenols is 3. The molecule has 10 heteroatoms. The Morgan fingerprint density at radius 3 is 1.36 bits per heavy atom. The van der Waals surface area contributed by atoms with Crippen molar-refractivity contribution in [2.45, 2.75) is 50.7 Å². The summed E-state index contributed by atoms with van der Waals surface area (Å²) in [6.45, 7) is 3.23. The van der Waals surface area contributed by atoms with Crippen LogP contribution in [-0.2, 0) is 12.8 Å². The fraction of sp³-hybridized carbons (Fsp3) is 0.297. The lowest BCUT2D eigenvalue weighted by atomic mass is 9.63. The van der Waals surface area contributed by atoms with Crippen LogP contribution in [0.5, 0.6) is 34.5 Å². The number of ether oxygens (including phenoxy) is 3. The van der Waals surface area contributed by atoms with Gasteiger partial charge in [0, 0.05) is 24.0 Å². The van der Waals surface area contributed by atoms with Crippen molar-refractivity contribution in [3.8, 4) is 34.5 Å². The SMILES string of the molecule is COc1cc(O)c2c(c1)[C@H]([C@H]1c3cc(C[C@H](C)O)cc(O)c3C(=O)c3c(OC)cc(OC)cc31)c1cc(C[C@H](C)O)cc(O)c1C2=O. The number of phenolic OH excluding ortho intramolecular Hbond substituents is 3. The lowest BCUT2D eigenvalue weighted by molar-refractivity contribution is 0.101. The highest BCUT2D eigenvalue weighted by atomic mass is 16.5. The molecular formula is C37H36O10. The third kappa shape index (κ3) is 5.23. The van der Waals surface area contributed by atoms with Crippen LogP contribution in [0.15, 0.2) is 48.5 Å². The first-order valence-electron chi connectivity index (χ1n) is 15.2. The maximum Gasteiger partial charge on any atom is 0.201 e. The maximum absolute atomic E-state index is 14.3. The number of hydrogen-bond donors (Lipinski definition) is 5. The molecule has 0 saturated carbocycles. The van der Waals surface area contributed by atoms with E-state index in [1.165, 1.54) is 39.5 Å². The van der Waals surface area contributed by atoms with Crippen molar-refractivity contribution in [2.24, 2.45) is 0 Å². The fourth-order valence-electron chi connectivity index (χ4n) is 7.24. The molecule has 6 rings (SSSR count). The molecule has 244 valence electrons. The molecule has 4 aromatic carbocycles. The summed E-state index contributed by atoms with van der Waals surface area (Å²) in [7, 11) is 4.33. The summed E-state index contributed by atoms with van der Waals surface area (Å²) in [6, 6.07) is 12.6. The highest BCUT2D eigenvalue weighted by Crippen LogP contribution is 2.57. The van der Waals surface area contributed by atoms with E-state index in [-0.39, 0.29) is 63.8 Å². The summed E-state index contributed by atoms with van der Waals surface area (Å²) in [5.74, 6) is -2.88. The Kier molecular flexibility index (Phi) is 8.11. The average molecular weight is 641 g/mol. The molecule has 2 aliphatic rings. The van der Waals surface area contributed by atoms with Crippen LogP contribution in [0.25, 0.3) is 0 Å². The van der Waals surface area contributed by atoms with Crippen LogP contribution in [0.1, 0.15) is 90.9 Å². The minimum atomic E-state index is -0.859. The molecule has 2 aliphatic carbocycles. The van der Waals surface area contributed by atoms with Crippen molar-refractivity contribution in [1.29, 1.82) is 0 Å². The van der Waals surface area contributed by atoms with E-state index in [2.05, 4.69) is 0 Å². The summed E-state index contributed by atoms with van der Waals surface area (Å²) in [5, 5.41) is 54.6. The first kappa shape index (κ1) is 31.9. The standard InChI is InChI=1S/C37H36O10/c1-16(38)6-18-8-22-30(24-12-20(45-3)14-28(42)34(24)36(43)32(22)26(40)10-18)31-23-9-19(7-17(2)39)11-27(41)33(23)37(44)35-25(31)13-21(46-4)15-29(35)47-5/h8-17,30-31,38-42H,6-7H2,1-5H3/t16-,17-,30+,31-/m0/s1. The molecule has 47 heavy (non-hydrogen) atoms. The van der Waals surface area contributed by atoms with E-state index in [1.54, 1.807) is 44.2 Å². The van der Waals surface area contributed by atoms with Crippen LogP contribution in [-0.4, -0.2) is 70.6 Å². The highest BCUT2D eigenvalue weighted by Gasteiger charge is 2.46. The van der Waals surface area contributed by atoms with Gasteiger partial charge in [-0.25, -0.2) is 0 Å². The van der Waals surface area contributed by atoms with Gasteiger partial charge in [-0.15, -0.1) is 0 Å². The van der Waals surface area contributed by atoms with Crippen LogP contribution in [0.2, 0.25) is 0 Å². The van der Waals surface area contributed by atoms with Gasteiger partial charge in [0.15, 0.2) is 0 Å². The van der Waals surface area contributed by atoms with Crippen molar-refractivity contribution >= 4 is 11.6 Å². The number of methoxy groups -OCH3 is 3. The van der Waals surface area contributed by atoms with Gasteiger partial charge < -0.3 is 39.7 Å². The van der Waals surface area contributed by atoms with Gasteiger partial charge in [-0.2, -0.15) is 0 Å². The topological polar surface area (TPSA) is 163 Å². The monoisotopic (exact) mass is 640 g/mol. The molecule has 0 unspecified atom stereocenters. The Labute approximate surface area is 271 Å². The number of aliphatic hydroxyl groups is 2. The van der Waals surface area contributed by atoms with Gasteiger partial charge in [0.1, 0.15) is 34.5 Å². The quantitative estimate of drug-likeness (QED) is 0.182. The van der Waals surface area contributed by atoms with Crippen molar-refractivity contribution in [3.63, 3.8) is 0 Å². The minimum absolute atomic E-state index is 0.0248. The molecule has 4 atom stereocenters. The van der Waals surface area contributed by atoms with Crippen molar-refractivity contribution in [1.82, 2.24) is 0 Å². The number of ketones is 2. The number of aliphatic hydroxyl groups excluding tert-OH is 2. The summed E-state index contributed by atoms with van der Waals surface area (Å²) < 4.78 is 16.8. The first-order valence-corrected chi connectivity index (χ1v) is 15.2. The van der Waals surface area contributed by atoms with E-state index >= 15 is 0 Å². The summed E-state index contributed by atoms with van der Waals surface area (Å²) in [5.41, 5.74) is 2.90. The number of fused-ring (bicyclic) bond motifs is 4. The van der Waals surface area contributed by atoms with Gasteiger partial charge in [-0.3, -0.25) is 9.59 Å². The van der Waals surface area contributed by atoms with E-state index < -0.39 is 35.6 Å². The Hall–Kier alpha value is -5.06. The molecule has 0 fully saturated rings. The van der Waals surface area contributed by atoms with Gasteiger partial charge in [0.2, 0.25) is 11.6 Å². The molecule has 4 aromatic rings. The van der Waals surface area contributed by atoms with Crippen LogP contribution in [0, 0.1) is 0 Å². The molecule has 0 bridgehead atoms. The minimum Gasteiger partial charge on any atom is -0.507 e. The van der Waals surface area contributed by atoms with E-state index in [1.807, 2.05) is 0 Å². The molecule has 0 aliphatic heterocycles. The number of carbonyl (C=O) groups is 2. The smallest absolute Gasteiger partial charge is 0.201 e. The summed E-state index contributed by atoms with van der Waals surface area (Å²) >= 11 is 0. The van der Waals surface area contributed by atoms with Crippen molar-refractivity contribution in [2.75, 3.05) is 21.3 Å². The van der Waals surface area contributed by atoms with Crippen LogP contribution in [0.4, 0.5) is 0 Å². The maximum atomic E-state index is 14.3. The van der Waals surface area contributed by atoms with Gasteiger partial charge >= 0.3 is 0 Å². The zero-order chi connectivity index (χ0) is 33.9. The Balaban J connectivity index is 1.79. The molecule has 0 saturated heterocycles. The summed E-state index contributed by atoms with van der Waals surface area (Å²) in [4.78, 5) is 28.4. The Morgan fingerprint density at radius 1 is 0.553 bits per heavy atom. The zero-order valence-electron chi connectivity index (χ0n) is 26.6. The molecule has 0 heterocycles. The number of aromatic hydroxyl groups is 3. The molecule has 10 nitrogen and oxygen atoms in total. The molecule has 0 amide bonds. The Morgan fingerprint density at radius 2 is 0.936 bits per heavy atom. The Bertz CT molecular complexity index is 1940. The van der Waals surface area contributed by atoms with Crippen LogP contribution in [0.3, 0.4) is 0 Å². The van der Waals surface area contributed by atoms with Crippen molar-refractivity contribution in [3.05, 3.63) is 104 Å². The predicted molar refractivity (Wildman–Crippen MR) is 172 cm³/mol. The summed E-state index contributed by atoms with van der Waals surface area (Å²) in [6.07, 6.45) is -1.16. The van der Waals surface area contributed by atoms with E-state index in [0.717, 1.165) is 0 Å². The van der Waals surface area contributed by atoms with Gasteiger partial charge in [-0.1, -0.05) is 12.1 Å². The van der Waals surface area contributed by atoms with E-state index in [0.29, 0.717) is 39.1 Å². The molecular weight excluding hydrogens is 604 g/mol. The second-order valence-corrected chi connectivity index (χ2v) is 12.3. The lowest BCUT2D eigenvalue weighted by Gasteiger charge is -2.39. The first-order chi connectivity index (χ1) is 22.4.